The molecule has 23 heavy (non-hydrogen) atoms. The van der Waals surface area contributed by atoms with Crippen molar-refractivity contribution in [1.82, 2.24) is 4.90 Å². The monoisotopic (exact) mass is 317 g/mol. The van der Waals surface area contributed by atoms with E-state index < -0.39 is 0 Å². The molecule has 0 aliphatic carbocycles. The van der Waals surface area contributed by atoms with Crippen LogP contribution in [-0.4, -0.2) is 36.7 Å². The Morgan fingerprint density at radius 2 is 2.17 bits per heavy atom. The van der Waals surface area contributed by atoms with Gasteiger partial charge in [-0.2, -0.15) is 0 Å². The summed E-state index contributed by atoms with van der Waals surface area (Å²) in [6, 6.07) is 4.12. The average Bonchev–Trinajstić information content (AvgIpc) is 2.50. The molecule has 1 heterocycles. The number of hydrogen-bond donors (Lipinski definition) is 1. The first-order chi connectivity index (χ1) is 10.9. The van der Waals surface area contributed by atoms with Gasteiger partial charge in [-0.1, -0.05) is 20.8 Å². The van der Waals surface area contributed by atoms with Gasteiger partial charge in [0.2, 0.25) is 0 Å². The highest BCUT2D eigenvalue weighted by molar-refractivity contribution is 5.99. The molecule has 0 saturated carbocycles. The first-order valence-electron chi connectivity index (χ1n) is 7.85. The molecule has 2 N–H and O–H groups in total. The van der Waals surface area contributed by atoms with Crippen LogP contribution >= 0.6 is 0 Å². The predicted molar refractivity (Wildman–Crippen MR) is 91.2 cm³/mol. The molecule has 0 radical (unpaired) electrons. The Morgan fingerprint density at radius 1 is 1.48 bits per heavy atom. The summed E-state index contributed by atoms with van der Waals surface area (Å²) in [6.07, 6.45) is 3.16. The minimum absolute atomic E-state index is 0.0649. The number of carbonyl (C=O) groups excluding carboxylic acids is 1. The van der Waals surface area contributed by atoms with Crippen LogP contribution in [0.4, 0.5) is 4.39 Å². The Balaban J connectivity index is 2.59. The van der Waals surface area contributed by atoms with Gasteiger partial charge >= 0.3 is 0 Å². The largest absolute Gasteiger partial charge is 0.404 e. The van der Waals surface area contributed by atoms with Gasteiger partial charge < -0.3 is 10.6 Å². The molecule has 1 aromatic rings. The number of fused-ring (bicyclic) bond motifs is 1. The van der Waals surface area contributed by atoms with Crippen LogP contribution in [0.2, 0.25) is 0 Å². The summed E-state index contributed by atoms with van der Waals surface area (Å²) in [4.78, 5) is 18.8. The van der Waals surface area contributed by atoms with Crippen molar-refractivity contribution in [3.8, 4) is 0 Å². The van der Waals surface area contributed by atoms with Crippen molar-refractivity contribution >= 4 is 12.1 Å². The molecule has 0 aromatic heterocycles. The fourth-order valence-corrected chi connectivity index (χ4v) is 3.25. The van der Waals surface area contributed by atoms with Gasteiger partial charge in [-0.15, -0.1) is 0 Å². The summed E-state index contributed by atoms with van der Waals surface area (Å²) in [6.45, 7) is 6.74. The number of benzene rings is 1. The lowest BCUT2D eigenvalue weighted by Crippen LogP contribution is -2.50. The van der Waals surface area contributed by atoms with Crippen LogP contribution in [0, 0.1) is 11.7 Å². The third kappa shape index (κ3) is 3.28. The summed E-state index contributed by atoms with van der Waals surface area (Å²) < 4.78 is 13.7. The number of halogens is 1. The molecule has 0 saturated heterocycles. The van der Waals surface area contributed by atoms with E-state index in [1.54, 1.807) is 19.3 Å². The fraction of sp³-hybridized carbons (Fsp3) is 0.444. The second kappa shape index (κ2) is 6.94. The Morgan fingerprint density at radius 3 is 2.74 bits per heavy atom. The molecule has 0 fully saturated rings. The van der Waals surface area contributed by atoms with E-state index >= 15 is 0 Å². The Kier molecular flexibility index (Phi) is 5.19. The van der Waals surface area contributed by atoms with Crippen LogP contribution in [0.1, 0.15) is 42.6 Å². The lowest BCUT2D eigenvalue weighted by atomic mass is 9.80. The number of carbonyl (C=O) groups is 1. The van der Waals surface area contributed by atoms with Crippen molar-refractivity contribution in [2.24, 2.45) is 16.6 Å². The van der Waals surface area contributed by atoms with Gasteiger partial charge in [-0.25, -0.2) is 4.39 Å². The van der Waals surface area contributed by atoms with Crippen LogP contribution in [-0.2, 0) is 0 Å². The van der Waals surface area contributed by atoms with E-state index in [4.69, 9.17) is 5.73 Å². The minimum atomic E-state index is -0.332. The zero-order valence-corrected chi connectivity index (χ0v) is 14.1. The fourth-order valence-electron chi connectivity index (χ4n) is 3.25. The van der Waals surface area contributed by atoms with Crippen LogP contribution < -0.4 is 5.73 Å². The van der Waals surface area contributed by atoms with Crippen molar-refractivity contribution in [2.45, 2.75) is 32.7 Å². The SMILES string of the molecule is CN=CC(=CN)C1[C@@H](C)c2cc(F)ccc2C(=O)N1CC(C)C. The van der Waals surface area contributed by atoms with E-state index in [2.05, 4.69) is 18.8 Å². The zero-order chi connectivity index (χ0) is 17.1. The van der Waals surface area contributed by atoms with Gasteiger partial charge in [-0.05, 0) is 29.7 Å². The minimum Gasteiger partial charge on any atom is -0.404 e. The summed E-state index contributed by atoms with van der Waals surface area (Å²) in [5.41, 5.74) is 7.84. The molecule has 1 unspecified atom stereocenters. The molecule has 1 amide bonds. The molecule has 0 bridgehead atoms. The summed E-state index contributed by atoms with van der Waals surface area (Å²) in [5, 5.41) is 0. The molecule has 2 rings (SSSR count). The van der Waals surface area contributed by atoms with Crippen molar-refractivity contribution in [3.05, 3.63) is 46.9 Å². The molecule has 0 spiro atoms. The second-order valence-electron chi connectivity index (χ2n) is 6.37. The first-order valence-corrected chi connectivity index (χ1v) is 7.85. The van der Waals surface area contributed by atoms with E-state index in [9.17, 15) is 9.18 Å². The van der Waals surface area contributed by atoms with Crippen molar-refractivity contribution in [3.63, 3.8) is 0 Å². The molecule has 1 aromatic carbocycles. The molecular formula is C18H24FN3O. The highest BCUT2D eigenvalue weighted by Gasteiger charge is 2.39. The van der Waals surface area contributed by atoms with Crippen LogP contribution in [0.15, 0.2) is 35.0 Å². The van der Waals surface area contributed by atoms with Gasteiger partial charge in [-0.3, -0.25) is 9.79 Å². The topological polar surface area (TPSA) is 58.7 Å². The summed E-state index contributed by atoms with van der Waals surface area (Å²) in [5.74, 6) is -0.166. The molecule has 1 aliphatic rings. The highest BCUT2D eigenvalue weighted by atomic mass is 19.1. The molecule has 4 nitrogen and oxygen atoms in total. The molecule has 5 heteroatoms. The highest BCUT2D eigenvalue weighted by Crippen LogP contribution is 2.36. The number of nitrogens with zero attached hydrogens (tertiary/aromatic N) is 2. The summed E-state index contributed by atoms with van der Waals surface area (Å²) >= 11 is 0. The molecular weight excluding hydrogens is 293 g/mol. The van der Waals surface area contributed by atoms with Gasteiger partial charge in [0.05, 0.1) is 6.04 Å². The second-order valence-corrected chi connectivity index (χ2v) is 6.37. The standard InChI is InChI=1S/C18H24FN3O/c1-11(2)10-22-17(13(8-20)9-21-4)12(3)16-7-14(19)5-6-15(16)18(22)23/h5-9,11-12,17H,10,20H2,1-4H3/t12-,17?/m0/s1. The van der Waals surface area contributed by atoms with E-state index in [0.29, 0.717) is 18.0 Å². The first kappa shape index (κ1) is 17.2. The van der Waals surface area contributed by atoms with Crippen LogP contribution in [0.3, 0.4) is 0 Å². The lowest BCUT2D eigenvalue weighted by molar-refractivity contribution is 0.0634. The van der Waals surface area contributed by atoms with Crippen LogP contribution in [0.5, 0.6) is 0 Å². The van der Waals surface area contributed by atoms with Crippen molar-refractivity contribution in [1.29, 1.82) is 0 Å². The Hall–Kier alpha value is -2.17. The van der Waals surface area contributed by atoms with Gasteiger partial charge in [0.15, 0.2) is 0 Å². The Bertz CT molecular complexity index is 652. The van der Waals surface area contributed by atoms with Gasteiger partial charge in [0, 0.05) is 43.1 Å². The van der Waals surface area contributed by atoms with E-state index in [1.165, 1.54) is 18.3 Å². The normalized spacial score (nSPS) is 22.1. The molecule has 1 aliphatic heterocycles. The van der Waals surface area contributed by atoms with E-state index in [-0.39, 0.29) is 23.7 Å². The third-order valence-corrected chi connectivity index (χ3v) is 4.18. The number of hydrogen-bond acceptors (Lipinski definition) is 3. The number of rotatable bonds is 4. The van der Waals surface area contributed by atoms with Crippen LogP contribution in [0.25, 0.3) is 0 Å². The number of amides is 1. The van der Waals surface area contributed by atoms with Gasteiger partial charge in [0.1, 0.15) is 5.82 Å². The predicted octanol–water partition coefficient (Wildman–Crippen LogP) is 2.95. The quantitative estimate of drug-likeness (QED) is 0.868. The van der Waals surface area contributed by atoms with Crippen molar-refractivity contribution < 1.29 is 9.18 Å². The molecule has 124 valence electrons. The van der Waals surface area contributed by atoms with Crippen molar-refractivity contribution in [2.75, 3.05) is 13.6 Å². The maximum absolute atomic E-state index is 13.7. The van der Waals surface area contributed by atoms with E-state index in [1.807, 2.05) is 11.8 Å². The average molecular weight is 317 g/mol. The van der Waals surface area contributed by atoms with Gasteiger partial charge in [0.25, 0.3) is 5.91 Å². The third-order valence-electron chi connectivity index (χ3n) is 4.18. The Labute approximate surface area is 136 Å². The maximum atomic E-state index is 13.7. The smallest absolute Gasteiger partial charge is 0.254 e. The zero-order valence-electron chi connectivity index (χ0n) is 14.1. The molecule has 2 atom stereocenters. The number of nitrogens with two attached hydrogens (primary N) is 1. The number of aliphatic imine (C=N–C) groups is 1. The lowest BCUT2D eigenvalue weighted by Gasteiger charge is -2.42. The summed E-state index contributed by atoms with van der Waals surface area (Å²) in [7, 11) is 1.67. The van der Waals surface area contributed by atoms with E-state index in [0.717, 1.165) is 11.1 Å². The maximum Gasteiger partial charge on any atom is 0.254 e.